The maximum atomic E-state index is 11.5. The maximum Gasteiger partial charge on any atom is 0.314 e. The molecule has 1 aliphatic rings. The maximum absolute atomic E-state index is 11.5. The molecule has 0 aromatic heterocycles. The fourth-order valence-electron chi connectivity index (χ4n) is 2.05. The fourth-order valence-corrected chi connectivity index (χ4v) is 2.05. The van der Waals surface area contributed by atoms with Crippen LogP contribution in [0.2, 0.25) is 0 Å². The van der Waals surface area contributed by atoms with Gasteiger partial charge in [-0.3, -0.25) is 4.79 Å². The van der Waals surface area contributed by atoms with Gasteiger partial charge in [0.05, 0.1) is 13.0 Å². The van der Waals surface area contributed by atoms with Gasteiger partial charge in [0.15, 0.2) is 0 Å². The molecule has 0 radical (unpaired) electrons. The molecule has 1 aliphatic carbocycles. The molecule has 0 saturated heterocycles. The zero-order chi connectivity index (χ0) is 10.1. The number of methoxy groups -OCH3 is 1. The van der Waals surface area contributed by atoms with E-state index in [0.717, 1.165) is 17.5 Å². The molecule has 0 fully saturated rings. The van der Waals surface area contributed by atoms with Gasteiger partial charge < -0.3 is 10.5 Å². The third kappa shape index (κ3) is 1.98. The SMILES string of the molecule is COC(=O)C1c2ccccc2CC1N.Cl. The van der Waals surface area contributed by atoms with Crippen LogP contribution in [0.4, 0.5) is 0 Å². The number of rotatable bonds is 1. The Morgan fingerprint density at radius 2 is 2.13 bits per heavy atom. The van der Waals surface area contributed by atoms with Crippen molar-refractivity contribution in [3.63, 3.8) is 0 Å². The van der Waals surface area contributed by atoms with E-state index in [1.807, 2.05) is 24.3 Å². The summed E-state index contributed by atoms with van der Waals surface area (Å²) in [5.74, 6) is -0.515. The van der Waals surface area contributed by atoms with Crippen LogP contribution in [0, 0.1) is 0 Å². The van der Waals surface area contributed by atoms with Crippen molar-refractivity contribution in [3.8, 4) is 0 Å². The largest absolute Gasteiger partial charge is 0.469 e. The molecule has 1 aromatic rings. The van der Waals surface area contributed by atoms with E-state index in [1.165, 1.54) is 7.11 Å². The molecule has 2 atom stereocenters. The molecule has 0 saturated carbocycles. The van der Waals surface area contributed by atoms with Crippen LogP contribution in [0.3, 0.4) is 0 Å². The molecule has 2 rings (SSSR count). The van der Waals surface area contributed by atoms with Crippen molar-refractivity contribution in [1.29, 1.82) is 0 Å². The Labute approximate surface area is 95.0 Å². The van der Waals surface area contributed by atoms with Crippen molar-refractivity contribution in [2.24, 2.45) is 5.73 Å². The first kappa shape index (κ1) is 12.0. The number of fused-ring (bicyclic) bond motifs is 1. The zero-order valence-electron chi connectivity index (χ0n) is 8.47. The molecular weight excluding hydrogens is 214 g/mol. The van der Waals surface area contributed by atoms with Gasteiger partial charge in [0.2, 0.25) is 0 Å². The number of carbonyl (C=O) groups excluding carboxylic acids is 1. The molecule has 1 aromatic carbocycles. The highest BCUT2D eigenvalue weighted by Crippen LogP contribution is 2.32. The topological polar surface area (TPSA) is 52.3 Å². The molecule has 0 spiro atoms. The van der Waals surface area contributed by atoms with Gasteiger partial charge in [-0.2, -0.15) is 0 Å². The number of halogens is 1. The molecule has 0 bridgehead atoms. The lowest BCUT2D eigenvalue weighted by Crippen LogP contribution is -2.31. The molecule has 2 N–H and O–H groups in total. The monoisotopic (exact) mass is 227 g/mol. The normalized spacial score (nSPS) is 22.8. The molecule has 15 heavy (non-hydrogen) atoms. The summed E-state index contributed by atoms with van der Waals surface area (Å²) >= 11 is 0. The molecule has 0 amide bonds. The number of benzene rings is 1. The Hall–Kier alpha value is -1.06. The quantitative estimate of drug-likeness (QED) is 0.735. The minimum Gasteiger partial charge on any atom is -0.469 e. The highest BCUT2D eigenvalue weighted by Gasteiger charge is 2.35. The lowest BCUT2D eigenvalue weighted by Gasteiger charge is -2.13. The van der Waals surface area contributed by atoms with E-state index in [1.54, 1.807) is 0 Å². The zero-order valence-corrected chi connectivity index (χ0v) is 9.29. The van der Waals surface area contributed by atoms with Crippen molar-refractivity contribution in [1.82, 2.24) is 0 Å². The Balaban J connectivity index is 0.00000112. The Bertz CT molecular complexity index is 367. The summed E-state index contributed by atoms with van der Waals surface area (Å²) in [6, 6.07) is 7.71. The summed E-state index contributed by atoms with van der Waals surface area (Å²) in [7, 11) is 1.40. The van der Waals surface area contributed by atoms with Crippen LogP contribution in [0.15, 0.2) is 24.3 Å². The van der Waals surface area contributed by atoms with Gasteiger partial charge in [-0.25, -0.2) is 0 Å². The van der Waals surface area contributed by atoms with Crippen LogP contribution in [0.1, 0.15) is 17.0 Å². The second-order valence-electron chi connectivity index (χ2n) is 3.57. The van der Waals surface area contributed by atoms with Crippen molar-refractivity contribution < 1.29 is 9.53 Å². The van der Waals surface area contributed by atoms with Crippen molar-refractivity contribution in [2.75, 3.05) is 7.11 Å². The Kier molecular flexibility index (Phi) is 3.72. The average Bonchev–Trinajstić information content (AvgIpc) is 2.53. The van der Waals surface area contributed by atoms with E-state index in [9.17, 15) is 4.79 Å². The van der Waals surface area contributed by atoms with Gasteiger partial charge in [0.1, 0.15) is 0 Å². The van der Waals surface area contributed by atoms with Crippen LogP contribution in [-0.2, 0) is 16.0 Å². The first-order chi connectivity index (χ1) is 6.74. The summed E-state index contributed by atoms with van der Waals surface area (Å²) in [5.41, 5.74) is 8.09. The van der Waals surface area contributed by atoms with Gasteiger partial charge in [0, 0.05) is 6.04 Å². The minimum atomic E-state index is -0.281. The number of hydrogen-bond donors (Lipinski definition) is 1. The minimum absolute atomic E-state index is 0. The Morgan fingerprint density at radius 3 is 2.80 bits per heavy atom. The van der Waals surface area contributed by atoms with Gasteiger partial charge in [-0.1, -0.05) is 24.3 Å². The predicted octanol–water partition coefficient (Wildman–Crippen LogP) is 1.25. The first-order valence-electron chi connectivity index (χ1n) is 4.65. The summed E-state index contributed by atoms with van der Waals surface area (Å²) in [6.07, 6.45) is 0.760. The molecule has 3 nitrogen and oxygen atoms in total. The smallest absolute Gasteiger partial charge is 0.314 e. The Morgan fingerprint density at radius 1 is 1.47 bits per heavy atom. The molecule has 0 aliphatic heterocycles. The van der Waals surface area contributed by atoms with Gasteiger partial charge in [-0.05, 0) is 17.5 Å². The van der Waals surface area contributed by atoms with E-state index in [-0.39, 0.29) is 30.3 Å². The second-order valence-corrected chi connectivity index (χ2v) is 3.57. The number of hydrogen-bond acceptors (Lipinski definition) is 3. The summed E-state index contributed by atoms with van der Waals surface area (Å²) < 4.78 is 4.74. The molecular formula is C11H14ClNO2. The molecule has 4 heteroatoms. The van der Waals surface area contributed by atoms with E-state index >= 15 is 0 Å². The number of carbonyl (C=O) groups is 1. The summed E-state index contributed by atoms with van der Waals surface area (Å²) in [5, 5.41) is 0. The molecule has 82 valence electrons. The van der Waals surface area contributed by atoms with E-state index in [0.29, 0.717) is 0 Å². The van der Waals surface area contributed by atoms with Crippen LogP contribution in [-0.4, -0.2) is 19.1 Å². The van der Waals surface area contributed by atoms with Gasteiger partial charge in [0.25, 0.3) is 0 Å². The highest BCUT2D eigenvalue weighted by molar-refractivity contribution is 5.85. The lowest BCUT2D eigenvalue weighted by molar-refractivity contribution is -0.142. The summed E-state index contributed by atoms with van der Waals surface area (Å²) in [6.45, 7) is 0. The third-order valence-electron chi connectivity index (χ3n) is 2.73. The van der Waals surface area contributed by atoms with Crippen LogP contribution >= 0.6 is 12.4 Å². The number of nitrogens with two attached hydrogens (primary N) is 1. The number of esters is 1. The summed E-state index contributed by atoms with van der Waals surface area (Å²) in [4.78, 5) is 11.5. The van der Waals surface area contributed by atoms with Gasteiger partial charge >= 0.3 is 5.97 Å². The standard InChI is InChI=1S/C11H13NO2.ClH/c1-14-11(13)10-8-5-3-2-4-7(8)6-9(10)12;/h2-5,9-10H,6,12H2,1H3;1H. The lowest BCUT2D eigenvalue weighted by atomic mass is 9.99. The third-order valence-corrected chi connectivity index (χ3v) is 2.73. The predicted molar refractivity (Wildman–Crippen MR) is 60.1 cm³/mol. The average molecular weight is 228 g/mol. The first-order valence-corrected chi connectivity index (χ1v) is 4.65. The molecule has 0 heterocycles. The van der Waals surface area contributed by atoms with Gasteiger partial charge in [-0.15, -0.1) is 12.4 Å². The molecule has 2 unspecified atom stereocenters. The van der Waals surface area contributed by atoms with Crippen molar-refractivity contribution in [3.05, 3.63) is 35.4 Å². The second kappa shape index (κ2) is 4.64. The van der Waals surface area contributed by atoms with E-state index < -0.39 is 0 Å². The highest BCUT2D eigenvalue weighted by atomic mass is 35.5. The van der Waals surface area contributed by atoms with E-state index in [4.69, 9.17) is 10.5 Å². The number of ether oxygens (including phenoxy) is 1. The van der Waals surface area contributed by atoms with Crippen molar-refractivity contribution in [2.45, 2.75) is 18.4 Å². The van der Waals surface area contributed by atoms with E-state index in [2.05, 4.69) is 0 Å². The van der Waals surface area contributed by atoms with Crippen LogP contribution in [0.5, 0.6) is 0 Å². The van der Waals surface area contributed by atoms with Crippen LogP contribution < -0.4 is 5.73 Å². The van der Waals surface area contributed by atoms with Crippen LogP contribution in [0.25, 0.3) is 0 Å². The fraction of sp³-hybridized carbons (Fsp3) is 0.364. The van der Waals surface area contributed by atoms with Crippen molar-refractivity contribution >= 4 is 18.4 Å².